The zero-order valence-electron chi connectivity index (χ0n) is 29.9. The predicted octanol–water partition coefficient (Wildman–Crippen LogP) is 10.6. The SMILES string of the molecule is C=Cc1c(C=C)n(-c2nc(-c3ccccc3)c3ccccc3n2)c2c1=CC1=Nc3cc(-c4ccc5c(c4)c4ccccc4n5-c4ccccc4)ccc3C1C=2. The molecule has 6 aromatic carbocycles. The molecule has 4 heterocycles. The van der Waals surface area contributed by atoms with Crippen LogP contribution in [-0.4, -0.2) is 24.8 Å². The molecule has 258 valence electrons. The molecule has 3 aromatic heterocycles. The quantitative estimate of drug-likeness (QED) is 0.173. The van der Waals surface area contributed by atoms with Crippen LogP contribution in [0.4, 0.5) is 5.69 Å². The van der Waals surface area contributed by atoms with Gasteiger partial charge in [0.05, 0.1) is 44.7 Å². The summed E-state index contributed by atoms with van der Waals surface area (Å²) in [6, 6.07) is 51.3. The van der Waals surface area contributed by atoms with Crippen LogP contribution in [0.1, 0.15) is 22.7 Å². The molecule has 0 amide bonds. The molecule has 1 atom stereocenters. The zero-order chi connectivity index (χ0) is 36.6. The molecule has 0 radical (unpaired) electrons. The molecule has 1 unspecified atom stereocenters. The van der Waals surface area contributed by atoms with Gasteiger partial charge in [-0.1, -0.05) is 122 Å². The smallest absolute Gasteiger partial charge is 0.235 e. The number of hydrogen-bond donors (Lipinski definition) is 0. The average Bonchev–Trinajstić information content (AvgIpc) is 3.88. The highest BCUT2D eigenvalue weighted by atomic mass is 15.2. The molecule has 0 N–H and O–H groups in total. The Morgan fingerprint density at radius 1 is 0.582 bits per heavy atom. The van der Waals surface area contributed by atoms with Crippen LogP contribution in [-0.2, 0) is 0 Å². The molecule has 55 heavy (non-hydrogen) atoms. The van der Waals surface area contributed by atoms with Crippen molar-refractivity contribution in [3.63, 3.8) is 0 Å². The first kappa shape index (κ1) is 31.2. The second kappa shape index (κ2) is 12.1. The fourth-order valence-electron chi connectivity index (χ4n) is 8.64. The maximum Gasteiger partial charge on any atom is 0.235 e. The van der Waals surface area contributed by atoms with Crippen LogP contribution in [0, 0.1) is 0 Å². The highest BCUT2D eigenvalue weighted by molar-refractivity contribution is 6.21. The van der Waals surface area contributed by atoms with E-state index in [1.54, 1.807) is 0 Å². The predicted molar refractivity (Wildman–Crippen MR) is 229 cm³/mol. The Bertz CT molecular complexity index is 3240. The van der Waals surface area contributed by atoms with Crippen molar-refractivity contribution in [2.45, 2.75) is 5.92 Å². The fourth-order valence-corrected chi connectivity index (χ4v) is 8.64. The molecule has 11 rings (SSSR count). The first-order chi connectivity index (χ1) is 27.2. The zero-order valence-corrected chi connectivity index (χ0v) is 29.9. The molecule has 9 aromatic rings. The molecule has 0 bridgehead atoms. The average molecular weight is 704 g/mol. The molecule has 1 aliphatic carbocycles. The summed E-state index contributed by atoms with van der Waals surface area (Å²) in [4.78, 5) is 15.6. The van der Waals surface area contributed by atoms with Crippen LogP contribution in [0.5, 0.6) is 0 Å². The molecular formula is C50H33N5. The number of aromatic nitrogens is 4. The molecular weight excluding hydrogens is 671 g/mol. The Kier molecular flexibility index (Phi) is 6.85. The molecule has 0 saturated carbocycles. The Hall–Kier alpha value is -7.37. The van der Waals surface area contributed by atoms with E-state index in [1.807, 2.05) is 42.5 Å². The van der Waals surface area contributed by atoms with Gasteiger partial charge in [-0.05, 0) is 77.4 Å². The van der Waals surface area contributed by atoms with Crippen LogP contribution < -0.4 is 10.6 Å². The molecule has 5 nitrogen and oxygen atoms in total. The number of fused-ring (bicyclic) bond motifs is 8. The molecule has 5 heteroatoms. The van der Waals surface area contributed by atoms with E-state index in [-0.39, 0.29) is 5.92 Å². The van der Waals surface area contributed by atoms with E-state index < -0.39 is 0 Å². The van der Waals surface area contributed by atoms with Gasteiger partial charge in [0.15, 0.2) is 0 Å². The first-order valence-electron chi connectivity index (χ1n) is 18.6. The van der Waals surface area contributed by atoms with E-state index in [1.165, 1.54) is 27.4 Å². The first-order valence-corrected chi connectivity index (χ1v) is 18.6. The van der Waals surface area contributed by atoms with Crippen LogP contribution in [0.2, 0.25) is 0 Å². The summed E-state index contributed by atoms with van der Waals surface area (Å²) in [5, 5.41) is 5.54. The van der Waals surface area contributed by atoms with Crippen molar-refractivity contribution in [1.29, 1.82) is 0 Å². The lowest BCUT2D eigenvalue weighted by atomic mass is 9.90. The summed E-state index contributed by atoms with van der Waals surface area (Å²) in [5.41, 5.74) is 13.7. The van der Waals surface area contributed by atoms with Crippen LogP contribution in [0.15, 0.2) is 164 Å². The Morgan fingerprint density at radius 2 is 1.29 bits per heavy atom. The van der Waals surface area contributed by atoms with Crippen molar-refractivity contribution in [3.05, 3.63) is 186 Å². The summed E-state index contributed by atoms with van der Waals surface area (Å²) in [5.74, 6) is 0.584. The van der Waals surface area contributed by atoms with Gasteiger partial charge in [0.2, 0.25) is 5.95 Å². The van der Waals surface area contributed by atoms with Crippen molar-refractivity contribution in [2.24, 2.45) is 4.99 Å². The van der Waals surface area contributed by atoms with Gasteiger partial charge in [-0.25, -0.2) is 9.97 Å². The van der Waals surface area contributed by atoms with E-state index in [9.17, 15) is 0 Å². The number of nitrogens with zero attached hydrogens (tertiary/aromatic N) is 5. The minimum Gasteiger partial charge on any atom is -0.309 e. The van der Waals surface area contributed by atoms with Crippen molar-refractivity contribution >= 4 is 68.4 Å². The minimum absolute atomic E-state index is 0.0130. The number of aliphatic imine (C=N–C) groups is 1. The Balaban J connectivity index is 1.05. The number of benzene rings is 6. The van der Waals surface area contributed by atoms with E-state index in [2.05, 4.69) is 150 Å². The maximum absolute atomic E-state index is 5.25. The van der Waals surface area contributed by atoms with E-state index in [0.717, 1.165) is 72.2 Å². The summed E-state index contributed by atoms with van der Waals surface area (Å²) in [6.07, 6.45) is 8.31. The highest BCUT2D eigenvalue weighted by Gasteiger charge is 2.29. The van der Waals surface area contributed by atoms with Gasteiger partial charge in [-0.15, -0.1) is 0 Å². The third kappa shape index (κ3) is 4.70. The van der Waals surface area contributed by atoms with Gasteiger partial charge in [0.1, 0.15) is 0 Å². The maximum atomic E-state index is 5.25. The molecule has 1 aliphatic heterocycles. The summed E-state index contributed by atoms with van der Waals surface area (Å²) in [7, 11) is 0. The van der Waals surface area contributed by atoms with Crippen LogP contribution >= 0.6 is 0 Å². The Morgan fingerprint density at radius 3 is 2.11 bits per heavy atom. The van der Waals surface area contributed by atoms with Crippen molar-refractivity contribution in [3.8, 4) is 34.0 Å². The standard InChI is InChI=1S/C50H33N5/c1-3-35-41-29-44-39(30-48(41)55(45(35)4-2)50-52-42-21-13-11-20-38(42)49(53-50)31-15-7-5-8-16-31)36-25-23-33(28-43(36)51-44)32-24-26-47-40(27-32)37-19-12-14-22-46(37)54(47)34-17-9-6-10-18-34/h3-30,39H,1-2H2. The molecule has 2 aliphatic rings. The monoisotopic (exact) mass is 703 g/mol. The Labute approximate surface area is 317 Å². The van der Waals surface area contributed by atoms with Gasteiger partial charge in [-0.3, -0.25) is 9.56 Å². The van der Waals surface area contributed by atoms with Gasteiger partial charge < -0.3 is 4.57 Å². The number of rotatable bonds is 6. The van der Waals surface area contributed by atoms with Gasteiger partial charge in [0.25, 0.3) is 0 Å². The second-order valence-electron chi connectivity index (χ2n) is 14.1. The van der Waals surface area contributed by atoms with Crippen molar-refractivity contribution < 1.29 is 0 Å². The van der Waals surface area contributed by atoms with Crippen molar-refractivity contribution in [2.75, 3.05) is 0 Å². The number of hydrogen-bond acceptors (Lipinski definition) is 3. The van der Waals surface area contributed by atoms with E-state index in [4.69, 9.17) is 15.0 Å². The lowest BCUT2D eigenvalue weighted by molar-refractivity contribution is 0.909. The molecule has 0 saturated heterocycles. The van der Waals surface area contributed by atoms with Gasteiger partial charge in [-0.2, -0.15) is 0 Å². The normalized spacial score (nSPS) is 14.2. The lowest BCUT2D eigenvalue weighted by Crippen LogP contribution is -2.35. The topological polar surface area (TPSA) is 48.0 Å². The van der Waals surface area contributed by atoms with Gasteiger partial charge >= 0.3 is 0 Å². The minimum atomic E-state index is -0.0130. The lowest BCUT2D eigenvalue weighted by Gasteiger charge is -2.14. The summed E-state index contributed by atoms with van der Waals surface area (Å²) < 4.78 is 4.49. The van der Waals surface area contributed by atoms with Crippen LogP contribution in [0.25, 0.3) is 91.0 Å². The summed E-state index contributed by atoms with van der Waals surface area (Å²) >= 11 is 0. The van der Waals surface area contributed by atoms with Gasteiger partial charge in [0, 0.05) is 44.1 Å². The largest absolute Gasteiger partial charge is 0.309 e. The van der Waals surface area contributed by atoms with Crippen molar-refractivity contribution in [1.82, 2.24) is 19.1 Å². The number of para-hydroxylation sites is 3. The van der Waals surface area contributed by atoms with E-state index >= 15 is 0 Å². The third-order valence-corrected chi connectivity index (χ3v) is 11.1. The third-order valence-electron chi connectivity index (χ3n) is 11.1. The molecule has 0 fully saturated rings. The van der Waals surface area contributed by atoms with Crippen LogP contribution in [0.3, 0.4) is 0 Å². The highest BCUT2D eigenvalue weighted by Crippen LogP contribution is 2.42. The second-order valence-corrected chi connectivity index (χ2v) is 14.1. The molecule has 0 spiro atoms. The summed E-state index contributed by atoms with van der Waals surface area (Å²) in [6.45, 7) is 8.45. The fraction of sp³-hybridized carbons (Fsp3) is 0.0200. The van der Waals surface area contributed by atoms with E-state index in [0.29, 0.717) is 5.95 Å².